The molecule has 1 aromatic heterocycles. The fraction of sp³-hybridized carbons (Fsp3) is 0.107. The number of amides is 1. The van der Waals surface area contributed by atoms with Crippen LogP contribution in [0.2, 0.25) is 0 Å². The van der Waals surface area contributed by atoms with Gasteiger partial charge >= 0.3 is 0 Å². The van der Waals surface area contributed by atoms with Gasteiger partial charge in [-0.05, 0) is 34.9 Å². The van der Waals surface area contributed by atoms with Crippen molar-refractivity contribution < 1.29 is 14.7 Å². The molecule has 1 N–H and O–H groups in total. The second-order valence-corrected chi connectivity index (χ2v) is 8.23. The lowest BCUT2D eigenvalue weighted by molar-refractivity contribution is -0.140. The Hall–Kier alpha value is -4.25. The summed E-state index contributed by atoms with van der Waals surface area (Å²) in [6.45, 7) is 2.17. The van der Waals surface area contributed by atoms with E-state index in [-0.39, 0.29) is 17.9 Å². The van der Waals surface area contributed by atoms with Gasteiger partial charge < -0.3 is 10.0 Å². The van der Waals surface area contributed by atoms with Gasteiger partial charge in [-0.25, -0.2) is 0 Å². The summed E-state index contributed by atoms with van der Waals surface area (Å²) in [5.41, 5.74) is 3.22. The lowest BCUT2D eigenvalue weighted by Crippen LogP contribution is -2.29. The smallest absolute Gasteiger partial charge is 0.295 e. The standard InChI is InChI=1S/C28H22N2O3/c1-18-7-4-11-21(15-18)25-24(26(31)23-13-5-10-20-9-2-3-12-22(20)23)27(32)28(33)30(25)17-19-8-6-14-29-16-19/h2-16,25,31H,17H2,1H3/b26-24-. The highest BCUT2D eigenvalue weighted by Crippen LogP contribution is 2.41. The van der Waals surface area contributed by atoms with Crippen LogP contribution in [0.5, 0.6) is 0 Å². The van der Waals surface area contributed by atoms with Crippen molar-refractivity contribution in [2.75, 3.05) is 0 Å². The Labute approximate surface area is 191 Å². The number of hydrogen-bond donors (Lipinski definition) is 1. The monoisotopic (exact) mass is 434 g/mol. The summed E-state index contributed by atoms with van der Waals surface area (Å²) >= 11 is 0. The highest BCUT2D eigenvalue weighted by atomic mass is 16.3. The fourth-order valence-corrected chi connectivity index (χ4v) is 4.50. The van der Waals surface area contributed by atoms with Crippen LogP contribution in [0.25, 0.3) is 16.5 Å². The number of hydrogen-bond acceptors (Lipinski definition) is 4. The van der Waals surface area contributed by atoms with E-state index in [1.54, 1.807) is 24.5 Å². The number of aryl methyl sites for hydroxylation is 1. The minimum atomic E-state index is -0.705. The number of pyridine rings is 1. The molecule has 1 saturated heterocycles. The summed E-state index contributed by atoms with van der Waals surface area (Å²) < 4.78 is 0. The van der Waals surface area contributed by atoms with E-state index < -0.39 is 17.7 Å². The van der Waals surface area contributed by atoms with E-state index in [0.29, 0.717) is 5.56 Å². The molecule has 1 amide bonds. The van der Waals surface area contributed by atoms with Crippen molar-refractivity contribution in [3.05, 3.63) is 119 Å². The number of fused-ring (bicyclic) bond motifs is 1. The first-order chi connectivity index (χ1) is 16.0. The van der Waals surface area contributed by atoms with Crippen LogP contribution < -0.4 is 0 Å². The van der Waals surface area contributed by atoms with E-state index >= 15 is 0 Å². The topological polar surface area (TPSA) is 70.5 Å². The van der Waals surface area contributed by atoms with Crippen molar-refractivity contribution >= 4 is 28.2 Å². The molecule has 5 nitrogen and oxygen atoms in total. The number of nitrogens with zero attached hydrogens (tertiary/aromatic N) is 2. The highest BCUT2D eigenvalue weighted by Gasteiger charge is 2.46. The van der Waals surface area contributed by atoms with Crippen LogP contribution in [-0.2, 0) is 16.1 Å². The number of rotatable bonds is 4. The second-order valence-electron chi connectivity index (χ2n) is 8.23. The maximum atomic E-state index is 13.3. The van der Waals surface area contributed by atoms with Crippen LogP contribution in [0, 0.1) is 6.92 Å². The molecule has 1 aliphatic heterocycles. The number of aromatic nitrogens is 1. The molecule has 0 aliphatic carbocycles. The third-order valence-electron chi connectivity index (χ3n) is 6.02. The minimum absolute atomic E-state index is 0.103. The van der Waals surface area contributed by atoms with Crippen molar-refractivity contribution in [2.45, 2.75) is 19.5 Å². The zero-order valence-electron chi connectivity index (χ0n) is 18.1. The van der Waals surface area contributed by atoms with Crippen LogP contribution >= 0.6 is 0 Å². The first-order valence-corrected chi connectivity index (χ1v) is 10.8. The van der Waals surface area contributed by atoms with Gasteiger partial charge in [0.25, 0.3) is 11.7 Å². The third-order valence-corrected chi connectivity index (χ3v) is 6.02. The molecule has 1 unspecified atom stereocenters. The molecule has 162 valence electrons. The number of carbonyl (C=O) groups excluding carboxylic acids is 2. The molecule has 1 fully saturated rings. The Morgan fingerprint density at radius 2 is 1.76 bits per heavy atom. The second kappa shape index (κ2) is 8.36. The van der Waals surface area contributed by atoms with Gasteiger partial charge in [0, 0.05) is 24.5 Å². The first-order valence-electron chi connectivity index (χ1n) is 10.8. The quantitative estimate of drug-likeness (QED) is 0.273. The summed E-state index contributed by atoms with van der Waals surface area (Å²) in [6.07, 6.45) is 3.34. The molecule has 4 aromatic rings. The van der Waals surface area contributed by atoms with Crippen molar-refractivity contribution in [3.63, 3.8) is 0 Å². The van der Waals surface area contributed by atoms with Gasteiger partial charge in [0.1, 0.15) is 5.76 Å². The molecule has 1 aliphatic rings. The maximum absolute atomic E-state index is 13.3. The van der Waals surface area contributed by atoms with Gasteiger partial charge in [0.05, 0.1) is 11.6 Å². The summed E-state index contributed by atoms with van der Waals surface area (Å²) in [6, 6.07) is 23.9. The molecule has 33 heavy (non-hydrogen) atoms. The van der Waals surface area contributed by atoms with Crippen LogP contribution in [0.15, 0.2) is 96.8 Å². The normalized spacial score (nSPS) is 17.6. The van der Waals surface area contributed by atoms with Crippen LogP contribution in [-0.4, -0.2) is 26.7 Å². The largest absolute Gasteiger partial charge is 0.507 e. The predicted molar refractivity (Wildman–Crippen MR) is 127 cm³/mol. The average molecular weight is 434 g/mol. The van der Waals surface area contributed by atoms with Gasteiger partial charge in [0.2, 0.25) is 0 Å². The number of likely N-dealkylation sites (tertiary alicyclic amines) is 1. The van der Waals surface area contributed by atoms with Crippen molar-refractivity contribution in [1.82, 2.24) is 9.88 Å². The molecule has 0 bridgehead atoms. The Balaban J connectivity index is 1.72. The predicted octanol–water partition coefficient (Wildman–Crippen LogP) is 5.17. The number of carbonyl (C=O) groups is 2. The molecule has 5 rings (SSSR count). The van der Waals surface area contributed by atoms with Crippen molar-refractivity contribution in [2.24, 2.45) is 0 Å². The first kappa shape index (κ1) is 20.6. The van der Waals surface area contributed by atoms with Gasteiger partial charge in [-0.2, -0.15) is 0 Å². The molecule has 0 radical (unpaired) electrons. The van der Waals surface area contributed by atoms with E-state index in [9.17, 15) is 14.7 Å². The minimum Gasteiger partial charge on any atom is -0.507 e. The number of aliphatic hydroxyl groups is 1. The fourth-order valence-electron chi connectivity index (χ4n) is 4.50. The molecule has 0 saturated carbocycles. The maximum Gasteiger partial charge on any atom is 0.295 e. The van der Waals surface area contributed by atoms with Crippen molar-refractivity contribution in [1.29, 1.82) is 0 Å². The summed E-state index contributed by atoms with van der Waals surface area (Å²) in [7, 11) is 0. The summed E-state index contributed by atoms with van der Waals surface area (Å²) in [5, 5.41) is 13.2. The molecular weight excluding hydrogens is 412 g/mol. The Morgan fingerprint density at radius 1 is 0.970 bits per heavy atom. The number of Topliss-reactive ketones (excluding diaryl/α,β-unsaturated/α-hetero) is 1. The average Bonchev–Trinajstić information content (AvgIpc) is 3.09. The molecule has 3 aromatic carbocycles. The SMILES string of the molecule is Cc1cccc(C2/C(=C(/O)c3cccc4ccccc34)C(=O)C(=O)N2Cc2cccnc2)c1. The molecule has 0 spiro atoms. The van der Waals surface area contributed by atoms with Crippen LogP contribution in [0.3, 0.4) is 0 Å². The van der Waals surface area contributed by atoms with Crippen LogP contribution in [0.1, 0.15) is 28.3 Å². The van der Waals surface area contributed by atoms with E-state index in [1.165, 1.54) is 4.90 Å². The highest BCUT2D eigenvalue weighted by molar-refractivity contribution is 6.46. The molecule has 1 atom stereocenters. The zero-order valence-corrected chi connectivity index (χ0v) is 18.1. The summed E-state index contributed by atoms with van der Waals surface area (Å²) in [5.74, 6) is -1.48. The Kier molecular flexibility index (Phi) is 5.23. The lowest BCUT2D eigenvalue weighted by Gasteiger charge is -2.25. The van der Waals surface area contributed by atoms with E-state index in [1.807, 2.05) is 73.7 Å². The van der Waals surface area contributed by atoms with Gasteiger partial charge in [0.15, 0.2) is 0 Å². The van der Waals surface area contributed by atoms with Gasteiger partial charge in [-0.1, -0.05) is 78.4 Å². The number of benzene rings is 3. The summed E-state index contributed by atoms with van der Waals surface area (Å²) in [4.78, 5) is 32.2. The third kappa shape index (κ3) is 3.68. The molecule has 5 heteroatoms. The molecular formula is C28H22N2O3. The Bertz CT molecular complexity index is 1400. The van der Waals surface area contributed by atoms with E-state index in [2.05, 4.69) is 4.98 Å². The van der Waals surface area contributed by atoms with E-state index in [4.69, 9.17) is 0 Å². The zero-order chi connectivity index (χ0) is 22.9. The van der Waals surface area contributed by atoms with E-state index in [0.717, 1.165) is 27.5 Å². The van der Waals surface area contributed by atoms with Gasteiger partial charge in [-0.3, -0.25) is 14.6 Å². The van der Waals surface area contributed by atoms with Crippen molar-refractivity contribution in [3.8, 4) is 0 Å². The van der Waals surface area contributed by atoms with Crippen LogP contribution in [0.4, 0.5) is 0 Å². The number of aliphatic hydroxyl groups excluding tert-OH is 1. The molecule has 2 heterocycles. The number of ketones is 1. The van der Waals surface area contributed by atoms with Gasteiger partial charge in [-0.15, -0.1) is 0 Å². The lowest BCUT2D eigenvalue weighted by atomic mass is 9.92. The Morgan fingerprint density at radius 3 is 2.55 bits per heavy atom.